The maximum absolute atomic E-state index is 11.8. The van der Waals surface area contributed by atoms with E-state index in [2.05, 4.69) is 40.0 Å². The minimum Gasteiger partial charge on any atom is -0.350 e. The van der Waals surface area contributed by atoms with Crippen LogP contribution in [0, 0.1) is 5.92 Å². The first-order chi connectivity index (χ1) is 8.16. The fourth-order valence-electron chi connectivity index (χ4n) is 2.24. The highest BCUT2D eigenvalue weighted by Crippen LogP contribution is 2.15. The standard InChI is InChI=1S/C10H18N6O/c1-7-3-4-11-8(2)10(7)13-9(17)5-16-6-12-14-15-16/h6-8,10-11H,3-5H2,1-2H3,(H,13,17). The molecule has 1 amide bonds. The molecule has 2 heterocycles. The summed E-state index contributed by atoms with van der Waals surface area (Å²) in [6.45, 7) is 5.45. The first-order valence-corrected chi connectivity index (χ1v) is 5.90. The van der Waals surface area contributed by atoms with E-state index >= 15 is 0 Å². The minimum absolute atomic E-state index is 0.0512. The summed E-state index contributed by atoms with van der Waals surface area (Å²) in [5, 5.41) is 17.1. The largest absolute Gasteiger partial charge is 0.350 e. The van der Waals surface area contributed by atoms with Crippen molar-refractivity contribution in [3.8, 4) is 0 Å². The molecule has 1 aromatic heterocycles. The number of hydrogen-bond acceptors (Lipinski definition) is 5. The number of aromatic nitrogens is 4. The number of piperidine rings is 1. The third kappa shape index (κ3) is 3.00. The first-order valence-electron chi connectivity index (χ1n) is 5.90. The lowest BCUT2D eigenvalue weighted by Gasteiger charge is -2.35. The lowest BCUT2D eigenvalue weighted by molar-refractivity contribution is -0.123. The van der Waals surface area contributed by atoms with Gasteiger partial charge in [-0.15, -0.1) is 5.10 Å². The Bertz CT molecular complexity index is 355. The van der Waals surface area contributed by atoms with Crippen molar-refractivity contribution in [3.63, 3.8) is 0 Å². The van der Waals surface area contributed by atoms with Gasteiger partial charge in [-0.25, -0.2) is 4.68 Å². The maximum Gasteiger partial charge on any atom is 0.242 e. The van der Waals surface area contributed by atoms with Crippen LogP contribution in [-0.4, -0.2) is 44.7 Å². The molecule has 17 heavy (non-hydrogen) atoms. The number of amides is 1. The molecule has 3 atom stereocenters. The van der Waals surface area contributed by atoms with Crippen molar-refractivity contribution in [1.29, 1.82) is 0 Å². The topological polar surface area (TPSA) is 84.7 Å². The van der Waals surface area contributed by atoms with Crippen LogP contribution >= 0.6 is 0 Å². The molecule has 2 N–H and O–H groups in total. The second-order valence-electron chi connectivity index (χ2n) is 4.61. The van der Waals surface area contributed by atoms with Crippen LogP contribution in [0.4, 0.5) is 0 Å². The van der Waals surface area contributed by atoms with Crippen molar-refractivity contribution < 1.29 is 4.79 Å². The van der Waals surface area contributed by atoms with Gasteiger partial charge in [-0.1, -0.05) is 6.92 Å². The molecule has 94 valence electrons. The Morgan fingerprint density at radius 2 is 2.41 bits per heavy atom. The number of rotatable bonds is 3. The van der Waals surface area contributed by atoms with Gasteiger partial charge in [-0.2, -0.15) is 0 Å². The summed E-state index contributed by atoms with van der Waals surface area (Å²) >= 11 is 0. The van der Waals surface area contributed by atoms with Crippen LogP contribution in [0.15, 0.2) is 6.33 Å². The molecule has 7 nitrogen and oxygen atoms in total. The lowest BCUT2D eigenvalue weighted by Crippen LogP contribution is -2.56. The molecule has 7 heteroatoms. The lowest BCUT2D eigenvalue weighted by atomic mass is 9.89. The van der Waals surface area contributed by atoms with E-state index in [0.717, 1.165) is 13.0 Å². The summed E-state index contributed by atoms with van der Waals surface area (Å²) in [7, 11) is 0. The van der Waals surface area contributed by atoms with E-state index in [0.29, 0.717) is 12.0 Å². The molecule has 1 fully saturated rings. The zero-order chi connectivity index (χ0) is 12.3. The number of carbonyl (C=O) groups excluding carboxylic acids is 1. The molecule has 1 aliphatic heterocycles. The molecular formula is C10H18N6O. The summed E-state index contributed by atoms with van der Waals surface area (Å²) in [4.78, 5) is 11.8. The van der Waals surface area contributed by atoms with Gasteiger partial charge in [-0.3, -0.25) is 4.79 Å². The molecule has 0 aromatic carbocycles. The predicted octanol–water partition coefficient (Wildman–Crippen LogP) is -0.824. The molecule has 1 aliphatic rings. The van der Waals surface area contributed by atoms with Crippen molar-refractivity contribution in [3.05, 3.63) is 6.33 Å². The van der Waals surface area contributed by atoms with E-state index in [1.54, 1.807) is 0 Å². The van der Waals surface area contributed by atoms with E-state index in [-0.39, 0.29) is 18.5 Å². The molecule has 1 aromatic rings. The SMILES string of the molecule is CC1CCNC(C)C1NC(=O)Cn1cnnn1. The molecule has 0 bridgehead atoms. The predicted molar refractivity (Wildman–Crippen MR) is 61.0 cm³/mol. The van der Waals surface area contributed by atoms with Gasteiger partial charge >= 0.3 is 0 Å². The summed E-state index contributed by atoms with van der Waals surface area (Å²) in [5.41, 5.74) is 0. The summed E-state index contributed by atoms with van der Waals surface area (Å²) in [6, 6.07) is 0.476. The molecule has 0 saturated carbocycles. The van der Waals surface area contributed by atoms with E-state index < -0.39 is 0 Å². The van der Waals surface area contributed by atoms with Crippen molar-refractivity contribution >= 4 is 5.91 Å². The highest BCUT2D eigenvalue weighted by atomic mass is 16.2. The van der Waals surface area contributed by atoms with E-state index in [9.17, 15) is 4.79 Å². The summed E-state index contributed by atoms with van der Waals surface area (Å²) < 4.78 is 1.42. The molecule has 0 aliphatic carbocycles. The van der Waals surface area contributed by atoms with Crippen molar-refractivity contribution in [1.82, 2.24) is 30.8 Å². The van der Waals surface area contributed by atoms with Crippen LogP contribution in [0.1, 0.15) is 20.3 Å². The quantitative estimate of drug-likeness (QED) is 0.718. The van der Waals surface area contributed by atoms with Gasteiger partial charge in [0.25, 0.3) is 0 Å². The number of carbonyl (C=O) groups is 1. The zero-order valence-electron chi connectivity index (χ0n) is 10.1. The zero-order valence-corrected chi connectivity index (χ0v) is 10.1. The average molecular weight is 238 g/mol. The second kappa shape index (κ2) is 5.22. The van der Waals surface area contributed by atoms with Crippen LogP contribution in [-0.2, 0) is 11.3 Å². The van der Waals surface area contributed by atoms with Crippen molar-refractivity contribution in [2.24, 2.45) is 5.92 Å². The van der Waals surface area contributed by atoms with Crippen molar-refractivity contribution in [2.75, 3.05) is 6.54 Å². The molecule has 0 spiro atoms. The Hall–Kier alpha value is -1.50. The average Bonchev–Trinajstić information content (AvgIpc) is 2.76. The smallest absolute Gasteiger partial charge is 0.242 e. The third-order valence-corrected chi connectivity index (χ3v) is 3.24. The number of nitrogens with one attached hydrogen (secondary N) is 2. The van der Waals surface area contributed by atoms with Crippen LogP contribution in [0.5, 0.6) is 0 Å². The van der Waals surface area contributed by atoms with Crippen LogP contribution in [0.2, 0.25) is 0 Å². The van der Waals surface area contributed by atoms with Gasteiger partial charge in [-0.05, 0) is 36.2 Å². The fourth-order valence-corrected chi connectivity index (χ4v) is 2.24. The highest BCUT2D eigenvalue weighted by Gasteiger charge is 2.28. The van der Waals surface area contributed by atoms with Crippen LogP contribution in [0.25, 0.3) is 0 Å². The Morgan fingerprint density at radius 3 is 3.06 bits per heavy atom. The van der Waals surface area contributed by atoms with Gasteiger partial charge in [0.15, 0.2) is 0 Å². The maximum atomic E-state index is 11.8. The van der Waals surface area contributed by atoms with Gasteiger partial charge in [0.05, 0.1) is 0 Å². The molecular weight excluding hydrogens is 220 g/mol. The van der Waals surface area contributed by atoms with E-state index in [1.165, 1.54) is 11.0 Å². The Balaban J connectivity index is 1.88. The highest BCUT2D eigenvalue weighted by molar-refractivity contribution is 5.76. The minimum atomic E-state index is -0.0512. The summed E-state index contributed by atoms with van der Waals surface area (Å²) in [6.07, 6.45) is 2.52. The Labute approximate surface area is 100.0 Å². The van der Waals surface area contributed by atoms with Gasteiger partial charge < -0.3 is 10.6 Å². The second-order valence-corrected chi connectivity index (χ2v) is 4.61. The fraction of sp³-hybridized carbons (Fsp3) is 0.800. The molecule has 2 rings (SSSR count). The Kier molecular flexibility index (Phi) is 3.68. The van der Waals surface area contributed by atoms with Gasteiger partial charge in [0, 0.05) is 12.1 Å². The van der Waals surface area contributed by atoms with Crippen LogP contribution in [0.3, 0.4) is 0 Å². The van der Waals surface area contributed by atoms with E-state index in [1.807, 2.05) is 0 Å². The molecule has 3 unspecified atom stereocenters. The number of nitrogens with zero attached hydrogens (tertiary/aromatic N) is 4. The number of tetrazole rings is 1. The summed E-state index contributed by atoms with van der Waals surface area (Å²) in [5.74, 6) is 0.439. The number of hydrogen-bond donors (Lipinski definition) is 2. The van der Waals surface area contributed by atoms with Gasteiger partial charge in [0.2, 0.25) is 5.91 Å². The first kappa shape index (κ1) is 12.0. The van der Waals surface area contributed by atoms with E-state index in [4.69, 9.17) is 0 Å². The van der Waals surface area contributed by atoms with Crippen LogP contribution < -0.4 is 10.6 Å². The molecule has 0 radical (unpaired) electrons. The third-order valence-electron chi connectivity index (χ3n) is 3.24. The van der Waals surface area contributed by atoms with Gasteiger partial charge in [0.1, 0.15) is 12.9 Å². The van der Waals surface area contributed by atoms with Crippen molar-refractivity contribution in [2.45, 2.75) is 38.9 Å². The monoisotopic (exact) mass is 238 g/mol. The Morgan fingerprint density at radius 1 is 1.59 bits per heavy atom. The normalized spacial score (nSPS) is 28.9. The molecule has 1 saturated heterocycles.